The highest BCUT2D eigenvalue weighted by Gasteiger charge is 2.41. The fourth-order valence-corrected chi connectivity index (χ4v) is 4.43. The number of hydrogen-bond acceptors (Lipinski definition) is 2. The molecule has 2 aliphatic rings. The summed E-state index contributed by atoms with van der Waals surface area (Å²) in [4.78, 5) is 2.63. The van der Waals surface area contributed by atoms with E-state index in [-0.39, 0.29) is 0 Å². The van der Waals surface area contributed by atoms with Crippen molar-refractivity contribution in [3.63, 3.8) is 0 Å². The van der Waals surface area contributed by atoms with Crippen molar-refractivity contribution in [2.75, 3.05) is 6.54 Å². The van der Waals surface area contributed by atoms with Crippen LogP contribution in [0.15, 0.2) is 59.1 Å². The highest BCUT2D eigenvalue weighted by molar-refractivity contribution is 9.10. The molecule has 4 rings (SSSR count). The Hall–Kier alpha value is -1.32. The fourth-order valence-electron chi connectivity index (χ4n) is 4.05. The predicted octanol–water partition coefficient (Wildman–Crippen LogP) is 4.88. The summed E-state index contributed by atoms with van der Waals surface area (Å²) < 4.78 is 7.44. The molecule has 2 aromatic carbocycles. The Balaban J connectivity index is 1.48. The van der Waals surface area contributed by atoms with Crippen LogP contribution < -0.4 is 4.74 Å². The zero-order valence-corrected chi connectivity index (χ0v) is 14.8. The second-order valence-electron chi connectivity index (χ2n) is 6.76. The van der Waals surface area contributed by atoms with Gasteiger partial charge in [-0.25, -0.2) is 0 Å². The van der Waals surface area contributed by atoms with E-state index in [0.717, 1.165) is 29.4 Å². The molecule has 120 valence electrons. The van der Waals surface area contributed by atoms with Gasteiger partial charge in [-0.05, 0) is 48.9 Å². The number of piperidine rings is 1. The number of nitrogens with zero attached hydrogens (tertiary/aromatic N) is 1. The lowest BCUT2D eigenvalue weighted by Gasteiger charge is -2.38. The van der Waals surface area contributed by atoms with Gasteiger partial charge in [-0.1, -0.05) is 52.3 Å². The molecule has 2 bridgehead atoms. The molecule has 1 saturated carbocycles. The first-order valence-electron chi connectivity index (χ1n) is 8.48. The van der Waals surface area contributed by atoms with Gasteiger partial charge in [-0.2, -0.15) is 0 Å². The third kappa shape index (κ3) is 3.46. The molecule has 23 heavy (non-hydrogen) atoms. The van der Waals surface area contributed by atoms with E-state index in [4.69, 9.17) is 4.74 Å². The molecule has 0 amide bonds. The van der Waals surface area contributed by atoms with E-state index in [1.165, 1.54) is 24.8 Å². The van der Waals surface area contributed by atoms with Crippen LogP contribution in [0, 0.1) is 5.92 Å². The van der Waals surface area contributed by atoms with Crippen LogP contribution in [0.1, 0.15) is 24.8 Å². The maximum atomic E-state index is 6.36. The molecule has 0 radical (unpaired) electrons. The summed E-state index contributed by atoms with van der Waals surface area (Å²) >= 11 is 3.53. The summed E-state index contributed by atoms with van der Waals surface area (Å²) in [7, 11) is 0. The molecular formula is C20H22BrNO. The molecule has 2 fully saturated rings. The lowest BCUT2D eigenvalue weighted by Crippen LogP contribution is -2.47. The monoisotopic (exact) mass is 371 g/mol. The van der Waals surface area contributed by atoms with Gasteiger partial charge in [-0.15, -0.1) is 0 Å². The number of benzene rings is 2. The van der Waals surface area contributed by atoms with E-state index in [2.05, 4.69) is 63.3 Å². The van der Waals surface area contributed by atoms with Crippen LogP contribution in [0.5, 0.6) is 5.75 Å². The van der Waals surface area contributed by atoms with Crippen molar-refractivity contribution in [2.45, 2.75) is 38.0 Å². The molecule has 0 unspecified atom stereocenters. The van der Waals surface area contributed by atoms with Gasteiger partial charge in [0.25, 0.3) is 0 Å². The van der Waals surface area contributed by atoms with Crippen LogP contribution in [-0.2, 0) is 6.54 Å². The van der Waals surface area contributed by atoms with E-state index in [0.29, 0.717) is 12.0 Å². The van der Waals surface area contributed by atoms with Crippen LogP contribution in [0.3, 0.4) is 0 Å². The average molecular weight is 372 g/mol. The minimum atomic E-state index is 0.312. The second-order valence-corrected chi connectivity index (χ2v) is 7.67. The van der Waals surface area contributed by atoms with E-state index >= 15 is 0 Å². The number of fused-ring (bicyclic) bond motifs is 2. The summed E-state index contributed by atoms with van der Waals surface area (Å²) in [5, 5.41) is 0. The molecule has 1 aliphatic carbocycles. The third-order valence-corrected chi connectivity index (χ3v) is 5.71. The van der Waals surface area contributed by atoms with E-state index in [9.17, 15) is 0 Å². The summed E-state index contributed by atoms with van der Waals surface area (Å²) in [6.07, 6.45) is 4.21. The van der Waals surface area contributed by atoms with Crippen molar-refractivity contribution in [2.24, 2.45) is 5.92 Å². The molecule has 3 atom stereocenters. The van der Waals surface area contributed by atoms with Crippen LogP contribution in [0.25, 0.3) is 0 Å². The number of halogens is 1. The minimum absolute atomic E-state index is 0.312. The predicted molar refractivity (Wildman–Crippen MR) is 96.5 cm³/mol. The minimum Gasteiger partial charge on any atom is -0.489 e. The molecule has 3 heteroatoms. The van der Waals surface area contributed by atoms with Crippen LogP contribution in [-0.4, -0.2) is 23.6 Å². The normalized spacial score (nSPS) is 27.1. The van der Waals surface area contributed by atoms with E-state index in [1.807, 2.05) is 12.1 Å². The average Bonchev–Trinajstić information content (AvgIpc) is 2.99. The SMILES string of the molecule is Brc1cccc(O[C@H]2CN(Cc3ccccc3)[C@@H]3CC[C@H]2C3)c1. The Morgan fingerprint density at radius 3 is 2.74 bits per heavy atom. The first-order valence-corrected chi connectivity index (χ1v) is 9.27. The summed E-state index contributed by atoms with van der Waals surface area (Å²) in [5.74, 6) is 1.69. The van der Waals surface area contributed by atoms with Gasteiger partial charge in [0.15, 0.2) is 0 Å². The van der Waals surface area contributed by atoms with E-state index in [1.54, 1.807) is 0 Å². The summed E-state index contributed by atoms with van der Waals surface area (Å²) in [5.41, 5.74) is 1.40. The quantitative estimate of drug-likeness (QED) is 0.759. The summed E-state index contributed by atoms with van der Waals surface area (Å²) in [6.45, 7) is 2.08. The number of hydrogen-bond donors (Lipinski definition) is 0. The molecule has 2 aromatic rings. The number of rotatable bonds is 4. The van der Waals surface area contributed by atoms with Crippen LogP contribution >= 0.6 is 15.9 Å². The van der Waals surface area contributed by atoms with Gasteiger partial charge in [0.1, 0.15) is 11.9 Å². The van der Waals surface area contributed by atoms with Gasteiger partial charge in [0.2, 0.25) is 0 Å². The maximum Gasteiger partial charge on any atom is 0.120 e. The Morgan fingerprint density at radius 2 is 1.91 bits per heavy atom. The first-order chi connectivity index (χ1) is 11.3. The van der Waals surface area contributed by atoms with Gasteiger partial charge in [0, 0.05) is 23.6 Å². The Kier molecular flexibility index (Phi) is 4.41. The molecule has 2 nitrogen and oxygen atoms in total. The van der Waals surface area contributed by atoms with Gasteiger partial charge >= 0.3 is 0 Å². The summed E-state index contributed by atoms with van der Waals surface area (Å²) in [6, 6.07) is 19.8. The van der Waals surface area contributed by atoms with Crippen molar-refractivity contribution < 1.29 is 4.74 Å². The van der Waals surface area contributed by atoms with Crippen LogP contribution in [0.4, 0.5) is 0 Å². The largest absolute Gasteiger partial charge is 0.489 e. The molecule has 0 N–H and O–H groups in total. The fraction of sp³-hybridized carbons (Fsp3) is 0.400. The highest BCUT2D eigenvalue weighted by atomic mass is 79.9. The van der Waals surface area contributed by atoms with Crippen molar-refractivity contribution >= 4 is 15.9 Å². The highest BCUT2D eigenvalue weighted by Crippen LogP contribution is 2.39. The third-order valence-electron chi connectivity index (χ3n) is 5.21. The standard InChI is InChI=1S/C20H22BrNO/c21-17-7-4-8-19(12-17)23-20-14-22(18-10-9-16(20)11-18)13-15-5-2-1-3-6-15/h1-8,12,16,18,20H,9-11,13-14H2/t16-,18+,20-/m0/s1. The number of likely N-dealkylation sites (tertiary alicyclic amines) is 1. The molecule has 0 aromatic heterocycles. The zero-order valence-electron chi connectivity index (χ0n) is 13.2. The molecular weight excluding hydrogens is 350 g/mol. The van der Waals surface area contributed by atoms with Crippen molar-refractivity contribution in [1.82, 2.24) is 4.90 Å². The van der Waals surface area contributed by atoms with Crippen molar-refractivity contribution in [3.8, 4) is 5.75 Å². The Labute approximate surface area is 146 Å². The Bertz CT molecular complexity index is 660. The topological polar surface area (TPSA) is 12.5 Å². The first kappa shape index (κ1) is 15.2. The lowest BCUT2D eigenvalue weighted by atomic mass is 9.95. The number of ether oxygens (including phenoxy) is 1. The van der Waals surface area contributed by atoms with Crippen molar-refractivity contribution in [1.29, 1.82) is 0 Å². The molecule has 1 aliphatic heterocycles. The van der Waals surface area contributed by atoms with Gasteiger partial charge < -0.3 is 4.74 Å². The molecule has 0 spiro atoms. The van der Waals surface area contributed by atoms with E-state index < -0.39 is 0 Å². The smallest absolute Gasteiger partial charge is 0.120 e. The second kappa shape index (κ2) is 6.66. The molecule has 1 saturated heterocycles. The van der Waals surface area contributed by atoms with Crippen LogP contribution in [0.2, 0.25) is 0 Å². The lowest BCUT2D eigenvalue weighted by molar-refractivity contribution is 0.0339. The van der Waals surface area contributed by atoms with Gasteiger partial charge in [0.05, 0.1) is 0 Å². The Morgan fingerprint density at radius 1 is 1.04 bits per heavy atom. The van der Waals surface area contributed by atoms with Crippen molar-refractivity contribution in [3.05, 3.63) is 64.6 Å². The zero-order chi connectivity index (χ0) is 15.6. The molecule has 1 heterocycles. The van der Waals surface area contributed by atoms with Gasteiger partial charge in [-0.3, -0.25) is 4.90 Å². The maximum absolute atomic E-state index is 6.36.